The van der Waals surface area contributed by atoms with Gasteiger partial charge in [-0.1, -0.05) is 4.74 Å². The number of hydrogen-bond acceptors (Lipinski definition) is 3. The van der Waals surface area contributed by atoms with Gasteiger partial charge in [-0.3, -0.25) is 15.2 Å². The second kappa shape index (κ2) is 6.79. The van der Waals surface area contributed by atoms with Crippen molar-refractivity contribution in [2.45, 2.75) is 59.7 Å². The van der Waals surface area contributed by atoms with Gasteiger partial charge in [-0.05, 0) is 41.5 Å². The summed E-state index contributed by atoms with van der Waals surface area (Å²) in [5.74, 6) is 0.396. The lowest BCUT2D eigenvalue weighted by Crippen LogP contribution is -2.51. The summed E-state index contributed by atoms with van der Waals surface area (Å²) in [4.78, 5) is 0. The van der Waals surface area contributed by atoms with Crippen LogP contribution in [0, 0.1) is 0 Å². The molecule has 7 nitrogen and oxygen atoms in total. The molecule has 8 heteroatoms. The molecule has 0 aliphatic rings. The lowest BCUT2D eigenvalue weighted by molar-refractivity contribution is -0.770. The van der Waals surface area contributed by atoms with Gasteiger partial charge in [0.15, 0.2) is 0 Å². The molecule has 0 aromatic rings. The first-order chi connectivity index (χ1) is 8.03. The van der Waals surface area contributed by atoms with Crippen molar-refractivity contribution in [1.82, 2.24) is 10.6 Å². The zero-order valence-corrected chi connectivity index (χ0v) is 12.6. The van der Waals surface area contributed by atoms with Gasteiger partial charge in [-0.15, -0.1) is 0 Å². The van der Waals surface area contributed by atoms with Crippen LogP contribution in [0.3, 0.4) is 0 Å². The molecule has 0 amide bonds. The Bertz CT molecular complexity index is 376. The zero-order chi connectivity index (χ0) is 14.5. The predicted octanol–water partition coefficient (Wildman–Crippen LogP) is 0.494. The third-order valence-corrected chi connectivity index (χ3v) is 2.06. The van der Waals surface area contributed by atoms with Crippen molar-refractivity contribution in [1.29, 1.82) is 0 Å². The lowest BCUT2D eigenvalue weighted by atomic mass is 10.3. The van der Waals surface area contributed by atoms with Crippen LogP contribution in [0.2, 0.25) is 0 Å². The highest BCUT2D eigenvalue weighted by atomic mass is 32.3. The molecule has 0 saturated carbocycles. The van der Waals surface area contributed by atoms with Crippen molar-refractivity contribution < 1.29 is 22.0 Å². The van der Waals surface area contributed by atoms with E-state index >= 15 is 0 Å². The van der Waals surface area contributed by atoms with E-state index in [1.807, 2.05) is 27.7 Å². The Hall–Kier alpha value is -1.02. The fourth-order valence-corrected chi connectivity index (χ4v) is 1.65. The summed E-state index contributed by atoms with van der Waals surface area (Å²) in [6, 6.07) is -0.116. The summed E-state index contributed by atoms with van der Waals surface area (Å²) < 4.78 is 36.1. The van der Waals surface area contributed by atoms with Gasteiger partial charge in [0, 0.05) is 0 Å². The first-order valence-corrected chi connectivity index (χ1v) is 7.25. The largest absolute Gasteiger partial charge is 0.476 e. The molecular weight excluding hydrogens is 258 g/mol. The van der Waals surface area contributed by atoms with Crippen LogP contribution in [0.5, 0.6) is 0 Å². The van der Waals surface area contributed by atoms with Crippen molar-refractivity contribution in [3.63, 3.8) is 0 Å². The van der Waals surface area contributed by atoms with Crippen LogP contribution in [0.4, 0.5) is 0 Å². The molecular formula is C10H24N3O4S+. The molecule has 0 unspecified atom stereocenters. The van der Waals surface area contributed by atoms with Gasteiger partial charge in [0.05, 0.1) is 12.1 Å². The molecule has 108 valence electrons. The second-order valence-corrected chi connectivity index (χ2v) is 5.87. The maximum Gasteiger partial charge on any atom is 0.476 e. The maximum absolute atomic E-state index is 10.8. The highest BCUT2D eigenvalue weighted by Gasteiger charge is 2.24. The first-order valence-electron chi connectivity index (χ1n) is 5.89. The van der Waals surface area contributed by atoms with Crippen LogP contribution in [-0.4, -0.2) is 41.8 Å². The summed E-state index contributed by atoms with van der Waals surface area (Å²) in [6.07, 6.45) is 0. The minimum absolute atomic E-state index is 0.0810. The fraction of sp³-hybridized carbons (Fsp3) is 0.900. The van der Waals surface area contributed by atoms with Crippen molar-refractivity contribution in [3.05, 3.63) is 0 Å². The Kier molecular flexibility index (Phi) is 6.41. The Morgan fingerprint density at radius 1 is 1.06 bits per heavy atom. The van der Waals surface area contributed by atoms with Gasteiger partial charge in [-0.2, -0.15) is 8.42 Å². The number of rotatable bonds is 5. The van der Waals surface area contributed by atoms with Crippen LogP contribution < -0.4 is 10.6 Å². The number of hydroxylamine groups is 1. The van der Waals surface area contributed by atoms with E-state index in [-0.39, 0.29) is 18.1 Å². The Morgan fingerprint density at radius 3 is 1.67 bits per heavy atom. The molecule has 0 aliphatic heterocycles. The molecule has 0 saturated heterocycles. The summed E-state index contributed by atoms with van der Waals surface area (Å²) in [5.41, 5.74) is 0. The predicted molar refractivity (Wildman–Crippen MR) is 69.6 cm³/mol. The number of nitrogens with zero attached hydrogens (tertiary/aromatic N) is 1. The molecule has 0 aromatic heterocycles. The van der Waals surface area contributed by atoms with Gasteiger partial charge in [0.2, 0.25) is 0 Å². The zero-order valence-electron chi connectivity index (χ0n) is 11.8. The summed E-state index contributed by atoms with van der Waals surface area (Å²) in [6.45, 7) is 11.1. The molecule has 0 aliphatic carbocycles. The molecule has 0 bridgehead atoms. The highest BCUT2D eigenvalue weighted by Crippen LogP contribution is 1.97. The molecule has 0 radical (unpaired) electrons. The summed E-state index contributed by atoms with van der Waals surface area (Å²) >= 11 is 0. The van der Waals surface area contributed by atoms with Gasteiger partial charge in [0.1, 0.15) is 6.04 Å². The molecule has 0 heterocycles. The third kappa shape index (κ3) is 7.33. The van der Waals surface area contributed by atoms with Crippen LogP contribution >= 0.6 is 0 Å². The molecule has 0 rings (SSSR count). The molecule has 0 spiro atoms. The van der Waals surface area contributed by atoms with E-state index in [2.05, 4.69) is 14.9 Å². The normalized spacial score (nSPS) is 11.9. The van der Waals surface area contributed by atoms with Crippen LogP contribution in [0.15, 0.2) is 0 Å². The Labute approximate surface area is 109 Å². The molecule has 0 aromatic carbocycles. The van der Waals surface area contributed by atoms with Gasteiger partial charge in [0.25, 0.3) is 0 Å². The minimum Gasteiger partial charge on any atom is -0.273 e. The smallest absolute Gasteiger partial charge is 0.273 e. The standard InChI is InChI=1S/C10H23N3O4S/c1-7(2)11-10(12-8(3)4)13(9(5)6)17-18(14,15)16/h7-9H,1-6H3,(H2,11,12,14,15,16)/p+1. The highest BCUT2D eigenvalue weighted by molar-refractivity contribution is 7.80. The van der Waals surface area contributed by atoms with E-state index in [9.17, 15) is 8.42 Å². The molecule has 0 atom stereocenters. The van der Waals surface area contributed by atoms with Crippen LogP contribution in [0.25, 0.3) is 0 Å². The maximum atomic E-state index is 10.8. The average molecular weight is 282 g/mol. The second-order valence-electron chi connectivity index (χ2n) is 4.87. The number of guanidine groups is 1. The van der Waals surface area contributed by atoms with Crippen molar-refractivity contribution >= 4 is 16.4 Å². The van der Waals surface area contributed by atoms with Crippen molar-refractivity contribution in [3.8, 4) is 0 Å². The first kappa shape index (κ1) is 17.0. The van der Waals surface area contributed by atoms with E-state index in [4.69, 9.17) is 4.55 Å². The fourth-order valence-electron chi connectivity index (χ4n) is 1.20. The molecule has 18 heavy (non-hydrogen) atoms. The lowest BCUT2D eigenvalue weighted by Gasteiger charge is -2.17. The van der Waals surface area contributed by atoms with Crippen LogP contribution in [0.1, 0.15) is 41.5 Å². The monoisotopic (exact) mass is 282 g/mol. The minimum atomic E-state index is -4.56. The van der Waals surface area contributed by atoms with E-state index in [0.29, 0.717) is 5.96 Å². The Balaban J connectivity index is 5.39. The van der Waals surface area contributed by atoms with E-state index < -0.39 is 10.4 Å². The number of hydrogen-bond donors (Lipinski definition) is 3. The third-order valence-electron chi connectivity index (χ3n) is 1.71. The average Bonchev–Trinajstić information content (AvgIpc) is 2.09. The van der Waals surface area contributed by atoms with Gasteiger partial charge >= 0.3 is 16.4 Å². The van der Waals surface area contributed by atoms with Gasteiger partial charge < -0.3 is 0 Å². The molecule has 3 N–H and O–H groups in total. The summed E-state index contributed by atoms with van der Waals surface area (Å²) in [7, 11) is -4.56. The Morgan fingerprint density at radius 2 is 1.44 bits per heavy atom. The van der Waals surface area contributed by atoms with Gasteiger partial charge in [-0.25, -0.2) is 4.28 Å². The van der Waals surface area contributed by atoms with Crippen molar-refractivity contribution in [2.24, 2.45) is 0 Å². The quantitative estimate of drug-likeness (QED) is 0.224. The number of nitrogens with one attached hydrogen (secondary N) is 2. The van der Waals surface area contributed by atoms with Crippen molar-refractivity contribution in [2.75, 3.05) is 0 Å². The summed E-state index contributed by atoms with van der Waals surface area (Å²) in [5, 5.41) is 6.09. The SMILES string of the molecule is CC(C)NC(NC(C)C)=[N+](OS(=O)(=O)O)C(C)C. The topological polar surface area (TPSA) is 90.7 Å². The molecule has 0 fully saturated rings. The van der Waals surface area contributed by atoms with Crippen LogP contribution in [-0.2, 0) is 14.7 Å². The van der Waals surface area contributed by atoms with E-state index in [0.717, 1.165) is 4.74 Å². The van der Waals surface area contributed by atoms with E-state index in [1.54, 1.807) is 13.8 Å². The van der Waals surface area contributed by atoms with E-state index in [1.165, 1.54) is 0 Å².